The third kappa shape index (κ3) is 3.93. The van der Waals surface area contributed by atoms with Crippen LogP contribution < -0.4 is 0 Å². The fourth-order valence-electron chi connectivity index (χ4n) is 2.24. The molecule has 1 aromatic rings. The summed E-state index contributed by atoms with van der Waals surface area (Å²) in [6.07, 6.45) is 5.20. The van der Waals surface area contributed by atoms with Crippen LogP contribution in [0.25, 0.3) is 0 Å². The van der Waals surface area contributed by atoms with Crippen LogP contribution >= 0.6 is 11.6 Å². The van der Waals surface area contributed by atoms with Crippen molar-refractivity contribution in [1.29, 1.82) is 0 Å². The zero-order valence-electron chi connectivity index (χ0n) is 10.4. The van der Waals surface area contributed by atoms with Crippen LogP contribution in [0.15, 0.2) is 6.07 Å². The first-order chi connectivity index (χ1) is 8.13. The van der Waals surface area contributed by atoms with Crippen molar-refractivity contribution in [1.82, 2.24) is 9.97 Å². The van der Waals surface area contributed by atoms with E-state index in [0.29, 0.717) is 23.7 Å². The van der Waals surface area contributed by atoms with Gasteiger partial charge in [0.25, 0.3) is 0 Å². The molecule has 1 heterocycles. The Morgan fingerprint density at radius 1 is 1.29 bits per heavy atom. The largest absolute Gasteiger partial charge is 0.370 e. The van der Waals surface area contributed by atoms with E-state index >= 15 is 0 Å². The summed E-state index contributed by atoms with van der Waals surface area (Å²) in [5, 5.41) is 0.494. The van der Waals surface area contributed by atoms with Crippen molar-refractivity contribution in [2.45, 2.75) is 52.2 Å². The smallest absolute Gasteiger partial charge is 0.155 e. The summed E-state index contributed by atoms with van der Waals surface area (Å²) in [5.41, 5.74) is 0.890. The molecule has 0 amide bonds. The Bertz CT molecular complexity index is 355. The van der Waals surface area contributed by atoms with Crippen LogP contribution in [0, 0.1) is 12.8 Å². The molecule has 0 unspecified atom stereocenters. The molecule has 1 aliphatic carbocycles. The normalized spacial score (nSPS) is 24.9. The lowest BCUT2D eigenvalue weighted by Gasteiger charge is -2.25. The Hall–Kier alpha value is -0.670. The summed E-state index contributed by atoms with van der Waals surface area (Å²) in [4.78, 5) is 8.48. The molecule has 0 aromatic carbocycles. The fourth-order valence-corrected chi connectivity index (χ4v) is 2.50. The van der Waals surface area contributed by atoms with E-state index in [9.17, 15) is 0 Å². The van der Waals surface area contributed by atoms with Crippen LogP contribution in [0.4, 0.5) is 0 Å². The minimum absolute atomic E-state index is 0.370. The summed E-state index contributed by atoms with van der Waals surface area (Å²) >= 11 is 5.88. The number of nitrogens with zero attached hydrogens (tertiary/aromatic N) is 2. The second-order valence-electron chi connectivity index (χ2n) is 4.94. The molecule has 2 rings (SSSR count). The van der Waals surface area contributed by atoms with Crippen LogP contribution in [0.2, 0.25) is 5.15 Å². The van der Waals surface area contributed by atoms with Crippen molar-refractivity contribution in [3.8, 4) is 0 Å². The molecule has 4 heteroatoms. The van der Waals surface area contributed by atoms with Gasteiger partial charge < -0.3 is 4.74 Å². The summed E-state index contributed by atoms with van der Waals surface area (Å²) < 4.78 is 5.84. The third-order valence-electron chi connectivity index (χ3n) is 3.28. The molecule has 0 bridgehead atoms. The van der Waals surface area contributed by atoms with E-state index in [4.69, 9.17) is 16.3 Å². The minimum Gasteiger partial charge on any atom is -0.370 e. The van der Waals surface area contributed by atoms with Gasteiger partial charge in [0.15, 0.2) is 5.82 Å². The van der Waals surface area contributed by atoms with Gasteiger partial charge in [0.05, 0.1) is 6.10 Å². The summed E-state index contributed by atoms with van der Waals surface area (Å²) in [6.45, 7) is 4.69. The highest BCUT2D eigenvalue weighted by atomic mass is 35.5. The number of hydrogen-bond acceptors (Lipinski definition) is 3. The van der Waals surface area contributed by atoms with E-state index in [1.807, 2.05) is 6.92 Å². The first kappa shape index (κ1) is 12.8. The molecule has 3 nitrogen and oxygen atoms in total. The van der Waals surface area contributed by atoms with Gasteiger partial charge in [0.2, 0.25) is 0 Å². The van der Waals surface area contributed by atoms with E-state index < -0.39 is 0 Å². The molecule has 94 valence electrons. The number of halogens is 1. The molecule has 17 heavy (non-hydrogen) atoms. The lowest BCUT2D eigenvalue weighted by molar-refractivity contribution is 0.00560. The van der Waals surface area contributed by atoms with E-state index in [0.717, 1.165) is 24.5 Å². The van der Waals surface area contributed by atoms with Crippen LogP contribution in [0.5, 0.6) is 0 Å². The number of rotatable bonds is 3. The standard InChI is InChI=1S/C13H19ClN2O/c1-9-3-5-11(6-4-9)17-8-13-15-10(2)7-12(14)16-13/h7,9,11H,3-6,8H2,1-2H3. The maximum atomic E-state index is 5.88. The van der Waals surface area contributed by atoms with Gasteiger partial charge in [-0.25, -0.2) is 9.97 Å². The minimum atomic E-state index is 0.370. The van der Waals surface area contributed by atoms with Crippen molar-refractivity contribution in [2.75, 3.05) is 0 Å². The molecule has 0 atom stereocenters. The third-order valence-corrected chi connectivity index (χ3v) is 3.47. The molecule has 1 aliphatic rings. The summed E-state index contributed by atoms with van der Waals surface area (Å²) in [6, 6.07) is 1.76. The van der Waals surface area contributed by atoms with Gasteiger partial charge in [-0.05, 0) is 44.6 Å². The predicted molar refractivity (Wildman–Crippen MR) is 68.0 cm³/mol. The van der Waals surface area contributed by atoms with Crippen molar-refractivity contribution in [2.24, 2.45) is 5.92 Å². The second-order valence-corrected chi connectivity index (χ2v) is 5.33. The summed E-state index contributed by atoms with van der Waals surface area (Å²) in [5.74, 6) is 1.54. The quantitative estimate of drug-likeness (QED) is 0.774. The highest BCUT2D eigenvalue weighted by Crippen LogP contribution is 2.26. The first-order valence-electron chi connectivity index (χ1n) is 6.25. The summed E-state index contributed by atoms with van der Waals surface area (Å²) in [7, 11) is 0. The van der Waals surface area contributed by atoms with Crippen molar-refractivity contribution in [3.63, 3.8) is 0 Å². The van der Waals surface area contributed by atoms with Gasteiger partial charge in [-0.1, -0.05) is 18.5 Å². The van der Waals surface area contributed by atoms with Gasteiger partial charge in [-0.15, -0.1) is 0 Å². The van der Waals surface area contributed by atoms with Crippen LogP contribution in [-0.4, -0.2) is 16.1 Å². The van der Waals surface area contributed by atoms with Gasteiger partial charge in [-0.2, -0.15) is 0 Å². The fraction of sp³-hybridized carbons (Fsp3) is 0.692. The van der Waals surface area contributed by atoms with Gasteiger partial charge in [0, 0.05) is 5.69 Å². The lowest BCUT2D eigenvalue weighted by atomic mass is 9.89. The molecule has 1 fully saturated rings. The predicted octanol–water partition coefficient (Wildman–Crippen LogP) is 3.53. The van der Waals surface area contributed by atoms with E-state index in [1.54, 1.807) is 6.07 Å². The zero-order chi connectivity index (χ0) is 12.3. The van der Waals surface area contributed by atoms with Crippen LogP contribution in [0.3, 0.4) is 0 Å². The van der Waals surface area contributed by atoms with Crippen molar-refractivity contribution < 1.29 is 4.74 Å². The SMILES string of the molecule is Cc1cc(Cl)nc(COC2CCC(C)CC2)n1. The molecule has 1 saturated carbocycles. The number of aryl methyl sites for hydroxylation is 1. The Balaban J connectivity index is 1.85. The van der Waals surface area contributed by atoms with E-state index in [2.05, 4.69) is 16.9 Å². The van der Waals surface area contributed by atoms with Crippen LogP contribution in [0.1, 0.15) is 44.1 Å². The number of ether oxygens (including phenoxy) is 1. The molecular formula is C13H19ClN2O. The Morgan fingerprint density at radius 3 is 2.65 bits per heavy atom. The molecule has 0 spiro atoms. The Kier molecular flexibility index (Phi) is 4.35. The maximum Gasteiger partial charge on any atom is 0.155 e. The number of hydrogen-bond donors (Lipinski definition) is 0. The average Bonchev–Trinajstić information content (AvgIpc) is 2.27. The molecule has 0 N–H and O–H groups in total. The van der Waals surface area contributed by atoms with Gasteiger partial charge >= 0.3 is 0 Å². The van der Waals surface area contributed by atoms with E-state index in [-0.39, 0.29) is 0 Å². The monoisotopic (exact) mass is 254 g/mol. The number of aromatic nitrogens is 2. The highest BCUT2D eigenvalue weighted by molar-refractivity contribution is 6.29. The van der Waals surface area contributed by atoms with E-state index in [1.165, 1.54) is 12.8 Å². The highest BCUT2D eigenvalue weighted by Gasteiger charge is 2.18. The topological polar surface area (TPSA) is 35.0 Å². The average molecular weight is 255 g/mol. The first-order valence-corrected chi connectivity index (χ1v) is 6.63. The Labute approximate surface area is 108 Å². The molecule has 0 radical (unpaired) electrons. The second kappa shape index (κ2) is 5.78. The Morgan fingerprint density at radius 2 is 2.00 bits per heavy atom. The lowest BCUT2D eigenvalue weighted by Crippen LogP contribution is -2.20. The molecule has 0 saturated heterocycles. The van der Waals surface area contributed by atoms with Crippen molar-refractivity contribution >= 4 is 11.6 Å². The van der Waals surface area contributed by atoms with Crippen LogP contribution in [-0.2, 0) is 11.3 Å². The maximum absolute atomic E-state index is 5.88. The van der Waals surface area contributed by atoms with Gasteiger partial charge in [-0.3, -0.25) is 0 Å². The molecular weight excluding hydrogens is 236 g/mol. The van der Waals surface area contributed by atoms with Crippen molar-refractivity contribution in [3.05, 3.63) is 22.7 Å². The zero-order valence-corrected chi connectivity index (χ0v) is 11.2. The van der Waals surface area contributed by atoms with Gasteiger partial charge in [0.1, 0.15) is 11.8 Å². The molecule has 1 aromatic heterocycles. The molecule has 0 aliphatic heterocycles.